The molecule has 0 aliphatic heterocycles. The van der Waals surface area contributed by atoms with Gasteiger partial charge in [-0.25, -0.2) is 0 Å². The fourth-order valence-electron chi connectivity index (χ4n) is 11.2. The summed E-state index contributed by atoms with van der Waals surface area (Å²) < 4.78 is 19.1. The van der Waals surface area contributed by atoms with Gasteiger partial charge in [0.25, 0.3) is 0 Å². The largest absolute Gasteiger partial charge is 1.00 e. The molecule has 0 radical (unpaired) electrons. The van der Waals surface area contributed by atoms with E-state index in [1.165, 1.54) is 72.8 Å². The maximum Gasteiger partial charge on any atom is -1.00 e. The minimum Gasteiger partial charge on any atom is -1.00 e. The summed E-state index contributed by atoms with van der Waals surface area (Å²) in [6.45, 7) is 19.1. The van der Waals surface area contributed by atoms with Crippen molar-refractivity contribution in [2.24, 2.45) is 29.1 Å². The van der Waals surface area contributed by atoms with Gasteiger partial charge in [0, 0.05) is 0 Å². The van der Waals surface area contributed by atoms with E-state index in [0.29, 0.717) is 15.0 Å². The van der Waals surface area contributed by atoms with E-state index in [2.05, 4.69) is 102 Å². The predicted octanol–water partition coefficient (Wildman–Crippen LogP) is 6.42. The molecule has 0 amide bonds. The number of benzene rings is 3. The summed E-state index contributed by atoms with van der Waals surface area (Å²) in [5, 5.41) is 0. The molecule has 0 spiro atoms. The molecule has 4 saturated carbocycles. The Morgan fingerprint density at radius 3 is 1.68 bits per heavy atom. The third-order valence-electron chi connectivity index (χ3n) is 13.1. The van der Waals surface area contributed by atoms with Crippen LogP contribution in [0.25, 0.3) is 11.1 Å². The molecule has 3 aromatic carbocycles. The van der Waals surface area contributed by atoms with Crippen molar-refractivity contribution in [1.82, 2.24) is 0 Å². The molecule has 50 heavy (non-hydrogen) atoms. The Kier molecular flexibility index (Phi) is 10.4. The normalized spacial score (nSPS) is 26.8. The van der Waals surface area contributed by atoms with Gasteiger partial charge in [0.1, 0.15) is 0 Å². The Bertz CT molecular complexity index is 1780. The minimum atomic E-state index is -2.72. The number of halogens is 3. The van der Waals surface area contributed by atoms with Crippen molar-refractivity contribution in [3.8, 4) is 11.1 Å². The SMILES string of the molecule is CC1=[C](/[Zr+2](=[CH]\c2ccc(F)cc2)[CH]2c3cc(C(C)(C)C)ccc3-c3ccc(C(C)(C)C)cc32)C(C)C=C1CC12CC3CC(CC(C3)C1)C2.[Cl-].[Cl-]. The maximum atomic E-state index is 14.2. The molecule has 3 aromatic rings. The van der Waals surface area contributed by atoms with Gasteiger partial charge in [-0.15, -0.1) is 0 Å². The van der Waals surface area contributed by atoms with E-state index < -0.39 is 21.3 Å². The standard InChI is InChI=1S/C21H25.C18H25.C7H5F.2ClH.Zr/c1-20(2,3)16-7-9-18-14(12-16)11-15-13-17(21(4,5)6)8-10-19(15)18;1-12-3-13(2)17(4-12)11-18-8-14-5-15(9-18)7-16(6-14)10-18;1-6-2-4-7(8)5-3-6;;;/h7-13H,1-6H3;4,12,14-16H,5-11H2,1-2H3;1-5H;2*1H;/q;;;;;+2/p-2. The zero-order valence-electron chi connectivity index (χ0n) is 31.4. The van der Waals surface area contributed by atoms with Crippen LogP contribution in [0.4, 0.5) is 4.39 Å². The molecule has 0 heterocycles. The molecule has 6 aliphatic rings. The first kappa shape index (κ1) is 38.1. The zero-order valence-corrected chi connectivity index (χ0v) is 35.4. The molecule has 0 aromatic heterocycles. The summed E-state index contributed by atoms with van der Waals surface area (Å²) in [6.07, 6.45) is 12.9. The molecule has 0 saturated heterocycles. The molecule has 1 unspecified atom stereocenters. The zero-order chi connectivity index (χ0) is 33.7. The molecule has 1 atom stereocenters. The molecular formula is C46H55Cl2FZr. The van der Waals surface area contributed by atoms with Crippen LogP contribution in [0.2, 0.25) is 0 Å². The van der Waals surface area contributed by atoms with E-state index in [1.54, 1.807) is 37.7 Å². The van der Waals surface area contributed by atoms with Crippen molar-refractivity contribution in [3.05, 3.63) is 115 Å². The molecular weight excluding hydrogens is 734 g/mol. The van der Waals surface area contributed by atoms with Crippen LogP contribution in [0.1, 0.15) is 132 Å². The Morgan fingerprint density at radius 2 is 1.22 bits per heavy atom. The van der Waals surface area contributed by atoms with E-state index in [-0.39, 0.29) is 41.5 Å². The summed E-state index contributed by atoms with van der Waals surface area (Å²) in [5.74, 6) is 3.26. The first-order valence-corrected chi connectivity index (χ1v) is 22.9. The first-order valence-electron chi connectivity index (χ1n) is 18.9. The van der Waals surface area contributed by atoms with Crippen LogP contribution in [-0.4, -0.2) is 3.71 Å². The van der Waals surface area contributed by atoms with Gasteiger partial charge in [-0.05, 0) is 0 Å². The maximum absolute atomic E-state index is 14.2. The third-order valence-corrected chi connectivity index (χ3v) is 21.3. The minimum absolute atomic E-state index is 0. The van der Waals surface area contributed by atoms with Gasteiger partial charge in [-0.2, -0.15) is 0 Å². The number of hydrogen-bond acceptors (Lipinski definition) is 0. The number of hydrogen-bond donors (Lipinski definition) is 0. The Labute approximate surface area is 321 Å². The van der Waals surface area contributed by atoms with Crippen LogP contribution >= 0.6 is 0 Å². The van der Waals surface area contributed by atoms with Crippen molar-refractivity contribution < 1.29 is 50.5 Å². The van der Waals surface area contributed by atoms with E-state index in [1.807, 2.05) is 12.1 Å². The van der Waals surface area contributed by atoms with Crippen LogP contribution < -0.4 is 24.8 Å². The van der Waals surface area contributed by atoms with E-state index in [4.69, 9.17) is 0 Å². The summed E-state index contributed by atoms with van der Waals surface area (Å²) in [6, 6.07) is 22.2. The predicted molar refractivity (Wildman–Crippen MR) is 198 cm³/mol. The quantitative estimate of drug-likeness (QED) is 0.280. The Morgan fingerprint density at radius 1 is 0.740 bits per heavy atom. The van der Waals surface area contributed by atoms with Gasteiger partial charge in [-0.1, -0.05) is 0 Å². The van der Waals surface area contributed by atoms with Gasteiger partial charge in [0.2, 0.25) is 0 Å². The van der Waals surface area contributed by atoms with Crippen LogP contribution in [-0.2, 0) is 32.1 Å². The van der Waals surface area contributed by atoms with Crippen LogP contribution in [0.3, 0.4) is 0 Å². The summed E-state index contributed by atoms with van der Waals surface area (Å²) in [4.78, 5) is 0. The number of fused-ring (bicyclic) bond motifs is 3. The molecule has 4 bridgehead atoms. The van der Waals surface area contributed by atoms with Crippen LogP contribution in [0.15, 0.2) is 81.2 Å². The van der Waals surface area contributed by atoms with Crippen molar-refractivity contribution in [2.75, 3.05) is 0 Å². The van der Waals surface area contributed by atoms with Crippen LogP contribution in [0, 0.1) is 34.9 Å². The van der Waals surface area contributed by atoms with Gasteiger partial charge < -0.3 is 24.8 Å². The molecule has 4 heteroatoms. The van der Waals surface area contributed by atoms with Gasteiger partial charge >= 0.3 is 299 Å². The molecule has 9 rings (SSSR count). The number of allylic oxidation sites excluding steroid dienone is 4. The molecule has 0 nitrogen and oxygen atoms in total. The van der Waals surface area contributed by atoms with Crippen molar-refractivity contribution in [3.63, 3.8) is 0 Å². The summed E-state index contributed by atoms with van der Waals surface area (Å²) in [5.41, 5.74) is 14.0. The molecule has 0 N–H and O–H groups in total. The fraction of sp³-hybridized carbons (Fsp3) is 0.500. The monoisotopic (exact) mass is 786 g/mol. The van der Waals surface area contributed by atoms with E-state index in [9.17, 15) is 4.39 Å². The molecule has 6 aliphatic carbocycles. The molecule has 4 fully saturated rings. The third kappa shape index (κ3) is 6.82. The second kappa shape index (κ2) is 13.7. The Balaban J connectivity index is 0.00000216. The van der Waals surface area contributed by atoms with Gasteiger partial charge in [0.15, 0.2) is 0 Å². The van der Waals surface area contributed by atoms with E-state index >= 15 is 0 Å². The summed E-state index contributed by atoms with van der Waals surface area (Å²) >= 11 is -2.72. The number of rotatable bonds is 5. The van der Waals surface area contributed by atoms with Crippen LogP contribution in [0.5, 0.6) is 0 Å². The Hall–Kier alpha value is -1.60. The van der Waals surface area contributed by atoms with Crippen molar-refractivity contribution in [1.29, 1.82) is 0 Å². The first-order chi connectivity index (χ1) is 22.7. The van der Waals surface area contributed by atoms with E-state index in [0.717, 1.165) is 17.8 Å². The smallest absolute Gasteiger partial charge is 1.00 e. The fourth-order valence-corrected chi connectivity index (χ4v) is 19.9. The second-order valence-corrected chi connectivity index (χ2v) is 24.5. The molecule has 264 valence electrons. The average Bonchev–Trinajstić information content (AvgIpc) is 3.47. The van der Waals surface area contributed by atoms with Crippen molar-refractivity contribution in [2.45, 2.75) is 115 Å². The average molecular weight is 789 g/mol. The van der Waals surface area contributed by atoms with Gasteiger partial charge in [-0.3, -0.25) is 0 Å². The van der Waals surface area contributed by atoms with Crippen molar-refractivity contribution >= 4 is 3.71 Å². The topological polar surface area (TPSA) is 0 Å². The van der Waals surface area contributed by atoms with Gasteiger partial charge in [0.05, 0.1) is 0 Å². The summed E-state index contributed by atoms with van der Waals surface area (Å²) in [7, 11) is 0. The second-order valence-electron chi connectivity index (χ2n) is 18.8.